The van der Waals surface area contributed by atoms with E-state index in [1.807, 2.05) is 72.8 Å². The second kappa shape index (κ2) is 10.0. The number of amides is 2. The second-order valence-electron chi connectivity index (χ2n) is 6.34. The number of aryl methyl sites for hydroxylation is 1. The zero-order valence-corrected chi connectivity index (χ0v) is 15.5. The van der Waals surface area contributed by atoms with Crippen molar-refractivity contribution in [1.29, 1.82) is 0 Å². The summed E-state index contributed by atoms with van der Waals surface area (Å²) < 4.78 is 5.17. The molecule has 0 fully saturated rings. The normalized spacial score (nSPS) is 10.5. The average molecular weight is 374 g/mol. The fourth-order valence-corrected chi connectivity index (χ4v) is 2.99. The monoisotopic (exact) mass is 374 g/mol. The Hall–Kier alpha value is -3.47. The Labute approximate surface area is 164 Å². The Morgan fingerprint density at radius 2 is 1.43 bits per heavy atom. The lowest BCUT2D eigenvalue weighted by Crippen LogP contribution is -2.35. The topological polar surface area (TPSA) is 68.3 Å². The van der Waals surface area contributed by atoms with E-state index in [1.54, 1.807) is 12.4 Å². The highest BCUT2D eigenvalue weighted by Crippen LogP contribution is 2.24. The van der Waals surface area contributed by atoms with Gasteiger partial charge in [-0.2, -0.15) is 0 Å². The number of imide groups is 1. The molecule has 0 radical (unpaired) electrons. The highest BCUT2D eigenvalue weighted by atomic mass is 16.5. The van der Waals surface area contributed by atoms with Crippen LogP contribution in [0.2, 0.25) is 0 Å². The summed E-state index contributed by atoms with van der Waals surface area (Å²) in [5.41, 5.74) is 2.76. The fourth-order valence-electron chi connectivity index (χ4n) is 2.99. The van der Waals surface area contributed by atoms with E-state index in [4.69, 9.17) is 4.74 Å². The lowest BCUT2D eigenvalue weighted by molar-refractivity contribution is -0.121. The van der Waals surface area contributed by atoms with Crippen molar-refractivity contribution in [3.8, 4) is 0 Å². The van der Waals surface area contributed by atoms with Crippen LogP contribution < -0.4 is 5.32 Å². The van der Waals surface area contributed by atoms with Crippen LogP contribution in [0.5, 0.6) is 0 Å². The van der Waals surface area contributed by atoms with E-state index in [1.165, 1.54) is 0 Å². The van der Waals surface area contributed by atoms with Gasteiger partial charge in [0.1, 0.15) is 0 Å². The van der Waals surface area contributed by atoms with Crippen LogP contribution in [0.3, 0.4) is 0 Å². The SMILES string of the molecule is O=C(NC(=O)C(c1ccccc1)c1ccccc1)OCCCc1ccncc1. The van der Waals surface area contributed by atoms with Crippen LogP contribution in [-0.2, 0) is 16.0 Å². The van der Waals surface area contributed by atoms with E-state index in [0.717, 1.165) is 23.1 Å². The summed E-state index contributed by atoms with van der Waals surface area (Å²) in [6, 6.07) is 22.6. The van der Waals surface area contributed by atoms with E-state index in [-0.39, 0.29) is 6.61 Å². The van der Waals surface area contributed by atoms with Gasteiger partial charge < -0.3 is 4.74 Å². The number of ether oxygens (including phenoxy) is 1. The van der Waals surface area contributed by atoms with Crippen molar-refractivity contribution in [2.24, 2.45) is 0 Å². The maximum Gasteiger partial charge on any atom is 0.413 e. The maximum atomic E-state index is 12.8. The summed E-state index contributed by atoms with van der Waals surface area (Å²) >= 11 is 0. The molecular weight excluding hydrogens is 352 g/mol. The Bertz CT molecular complexity index is 844. The number of carbonyl (C=O) groups excluding carboxylic acids is 2. The summed E-state index contributed by atoms with van der Waals surface area (Å²) in [7, 11) is 0. The lowest BCUT2D eigenvalue weighted by Gasteiger charge is -2.17. The number of hydrogen-bond donors (Lipinski definition) is 1. The van der Waals surface area contributed by atoms with Crippen molar-refractivity contribution in [3.05, 3.63) is 102 Å². The van der Waals surface area contributed by atoms with E-state index in [0.29, 0.717) is 6.42 Å². The fraction of sp³-hybridized carbons (Fsp3) is 0.174. The summed E-state index contributed by atoms with van der Waals surface area (Å²) in [6.07, 6.45) is 4.19. The molecular formula is C23H22N2O3. The summed E-state index contributed by atoms with van der Waals surface area (Å²) in [6.45, 7) is 0.239. The van der Waals surface area contributed by atoms with Crippen molar-refractivity contribution in [2.45, 2.75) is 18.8 Å². The quantitative estimate of drug-likeness (QED) is 0.632. The molecule has 0 atom stereocenters. The van der Waals surface area contributed by atoms with Gasteiger partial charge in [0.25, 0.3) is 0 Å². The van der Waals surface area contributed by atoms with Gasteiger partial charge in [-0.3, -0.25) is 15.1 Å². The largest absolute Gasteiger partial charge is 0.449 e. The molecule has 0 aliphatic carbocycles. The zero-order valence-electron chi connectivity index (χ0n) is 15.5. The number of nitrogens with one attached hydrogen (secondary N) is 1. The lowest BCUT2D eigenvalue weighted by atomic mass is 9.90. The highest BCUT2D eigenvalue weighted by Gasteiger charge is 2.24. The number of rotatable bonds is 7. The molecule has 3 rings (SSSR count). The number of carbonyl (C=O) groups is 2. The molecule has 3 aromatic rings. The third kappa shape index (κ3) is 5.51. The van der Waals surface area contributed by atoms with Crippen LogP contribution in [-0.4, -0.2) is 23.6 Å². The molecule has 1 N–H and O–H groups in total. The van der Waals surface area contributed by atoms with Gasteiger partial charge in [0.05, 0.1) is 12.5 Å². The minimum Gasteiger partial charge on any atom is -0.449 e. The molecule has 5 nitrogen and oxygen atoms in total. The number of pyridine rings is 1. The Balaban J connectivity index is 1.56. The van der Waals surface area contributed by atoms with Gasteiger partial charge in [0, 0.05) is 12.4 Å². The molecule has 2 aromatic carbocycles. The first-order valence-corrected chi connectivity index (χ1v) is 9.20. The van der Waals surface area contributed by atoms with Gasteiger partial charge in [-0.25, -0.2) is 4.79 Å². The third-order valence-corrected chi connectivity index (χ3v) is 4.35. The molecule has 0 unspecified atom stereocenters. The predicted octanol–water partition coefficient (Wildman–Crippen LogP) is 4.10. The van der Waals surface area contributed by atoms with Crippen LogP contribution >= 0.6 is 0 Å². The maximum absolute atomic E-state index is 12.8. The molecule has 1 aromatic heterocycles. The van der Waals surface area contributed by atoms with Gasteiger partial charge in [-0.1, -0.05) is 60.7 Å². The first kappa shape index (κ1) is 19.3. The minimum absolute atomic E-state index is 0.239. The van der Waals surface area contributed by atoms with Crippen molar-refractivity contribution >= 4 is 12.0 Å². The predicted molar refractivity (Wildman–Crippen MR) is 107 cm³/mol. The van der Waals surface area contributed by atoms with Crippen LogP contribution in [0.15, 0.2) is 85.2 Å². The Morgan fingerprint density at radius 1 is 0.857 bits per heavy atom. The first-order chi connectivity index (χ1) is 13.7. The van der Waals surface area contributed by atoms with Crippen molar-refractivity contribution in [1.82, 2.24) is 10.3 Å². The van der Waals surface area contributed by atoms with Gasteiger partial charge in [-0.05, 0) is 41.7 Å². The summed E-state index contributed by atoms with van der Waals surface area (Å²) in [5, 5.41) is 2.37. The van der Waals surface area contributed by atoms with Gasteiger partial charge >= 0.3 is 6.09 Å². The van der Waals surface area contributed by atoms with E-state index in [9.17, 15) is 9.59 Å². The minimum atomic E-state index is -0.725. The van der Waals surface area contributed by atoms with Crippen LogP contribution in [0.1, 0.15) is 29.0 Å². The molecule has 0 aliphatic rings. The molecule has 142 valence electrons. The summed E-state index contributed by atoms with van der Waals surface area (Å²) in [4.78, 5) is 28.8. The average Bonchev–Trinajstić information content (AvgIpc) is 2.74. The number of alkyl carbamates (subject to hydrolysis) is 1. The Kier molecular flexibility index (Phi) is 6.90. The van der Waals surface area contributed by atoms with Crippen LogP contribution in [0.25, 0.3) is 0 Å². The van der Waals surface area contributed by atoms with Gasteiger partial charge in [0.15, 0.2) is 0 Å². The van der Waals surface area contributed by atoms with Crippen molar-refractivity contribution < 1.29 is 14.3 Å². The highest BCUT2D eigenvalue weighted by molar-refractivity contribution is 5.97. The van der Waals surface area contributed by atoms with Gasteiger partial charge in [-0.15, -0.1) is 0 Å². The number of aromatic nitrogens is 1. The standard InChI is InChI=1S/C23H22N2O3/c26-22(25-23(27)28-17-7-8-18-13-15-24-16-14-18)21(19-9-3-1-4-10-19)20-11-5-2-6-12-20/h1-6,9-16,21H,7-8,17H2,(H,25,26,27). The second-order valence-corrected chi connectivity index (χ2v) is 6.34. The molecule has 1 heterocycles. The first-order valence-electron chi connectivity index (χ1n) is 9.20. The number of benzene rings is 2. The van der Waals surface area contributed by atoms with Crippen LogP contribution in [0, 0.1) is 0 Å². The molecule has 2 amide bonds. The molecule has 0 saturated carbocycles. The van der Waals surface area contributed by atoms with Gasteiger partial charge in [0.2, 0.25) is 5.91 Å². The van der Waals surface area contributed by atoms with Crippen molar-refractivity contribution in [2.75, 3.05) is 6.61 Å². The van der Waals surface area contributed by atoms with Crippen LogP contribution in [0.4, 0.5) is 4.79 Å². The molecule has 28 heavy (non-hydrogen) atoms. The van der Waals surface area contributed by atoms with E-state index >= 15 is 0 Å². The molecule has 0 bridgehead atoms. The molecule has 5 heteroatoms. The van der Waals surface area contributed by atoms with E-state index in [2.05, 4.69) is 10.3 Å². The molecule has 0 saturated heterocycles. The van der Waals surface area contributed by atoms with E-state index < -0.39 is 17.9 Å². The summed E-state index contributed by atoms with van der Waals surface area (Å²) in [5.74, 6) is -0.983. The smallest absolute Gasteiger partial charge is 0.413 e. The molecule has 0 aliphatic heterocycles. The third-order valence-electron chi connectivity index (χ3n) is 4.35. The number of hydrogen-bond acceptors (Lipinski definition) is 4. The van der Waals surface area contributed by atoms with Crippen molar-refractivity contribution in [3.63, 3.8) is 0 Å². The molecule has 0 spiro atoms. The Morgan fingerprint density at radius 3 is 2.00 bits per heavy atom. The zero-order chi connectivity index (χ0) is 19.6. The number of nitrogens with zero attached hydrogens (tertiary/aromatic N) is 1.